The number of para-hydroxylation sites is 1. The lowest BCUT2D eigenvalue weighted by Crippen LogP contribution is -2.42. The number of sulfonamides is 1. The minimum absolute atomic E-state index is 0.248. The van der Waals surface area contributed by atoms with E-state index in [0.717, 1.165) is 29.0 Å². The third-order valence-electron chi connectivity index (χ3n) is 3.38. The van der Waals surface area contributed by atoms with Crippen molar-refractivity contribution in [1.29, 1.82) is 0 Å². The average molecular weight is 328 g/mol. The zero-order valence-corrected chi connectivity index (χ0v) is 13.8. The van der Waals surface area contributed by atoms with Crippen LogP contribution in [0.25, 0.3) is 0 Å². The summed E-state index contributed by atoms with van der Waals surface area (Å²) in [6, 6.07) is 6.98. The Hall–Kier alpha value is -1.05. The Morgan fingerprint density at radius 2 is 2.14 bits per heavy atom. The molecule has 1 amide bonds. The molecule has 1 aliphatic rings. The number of carbonyl (C=O) groups excluding carboxylic acids is 1. The van der Waals surface area contributed by atoms with Gasteiger partial charge in [0.25, 0.3) is 0 Å². The van der Waals surface area contributed by atoms with Gasteiger partial charge in [0.15, 0.2) is 0 Å². The summed E-state index contributed by atoms with van der Waals surface area (Å²) in [7, 11) is -3.34. The van der Waals surface area contributed by atoms with Crippen molar-refractivity contribution in [1.82, 2.24) is 4.31 Å². The van der Waals surface area contributed by atoms with Gasteiger partial charge in [0.05, 0.1) is 11.9 Å². The predicted octanol–water partition coefficient (Wildman–Crippen LogP) is 2.16. The van der Waals surface area contributed by atoms with E-state index in [0.29, 0.717) is 13.0 Å². The maximum Gasteiger partial charge on any atom is 0.242 e. The molecule has 1 aromatic carbocycles. The third-order valence-corrected chi connectivity index (χ3v) is 5.62. The SMILES string of the molecule is CCSc1ccccc1NC(=O)C1CCCN1S(C)(=O)=O. The highest BCUT2D eigenvalue weighted by Crippen LogP contribution is 2.28. The Labute approximate surface area is 130 Å². The van der Waals surface area contributed by atoms with Crippen LogP contribution in [0.15, 0.2) is 29.2 Å². The van der Waals surface area contributed by atoms with Crippen LogP contribution in [0.1, 0.15) is 19.8 Å². The molecule has 1 unspecified atom stereocenters. The monoisotopic (exact) mass is 328 g/mol. The molecule has 0 spiro atoms. The van der Waals surface area contributed by atoms with E-state index >= 15 is 0 Å². The minimum atomic E-state index is -3.34. The van der Waals surface area contributed by atoms with Gasteiger partial charge < -0.3 is 5.32 Å². The van der Waals surface area contributed by atoms with Crippen molar-refractivity contribution >= 4 is 33.4 Å². The molecule has 116 valence electrons. The van der Waals surface area contributed by atoms with Crippen molar-refractivity contribution < 1.29 is 13.2 Å². The number of amides is 1. The zero-order valence-electron chi connectivity index (χ0n) is 12.2. The van der Waals surface area contributed by atoms with Crippen LogP contribution in [0.4, 0.5) is 5.69 Å². The van der Waals surface area contributed by atoms with E-state index < -0.39 is 16.1 Å². The Morgan fingerprint density at radius 3 is 2.81 bits per heavy atom. The highest BCUT2D eigenvalue weighted by Gasteiger charge is 2.36. The van der Waals surface area contributed by atoms with E-state index in [1.807, 2.05) is 31.2 Å². The molecule has 0 radical (unpaired) electrons. The Kier molecular flexibility index (Phi) is 5.29. The van der Waals surface area contributed by atoms with Crippen molar-refractivity contribution in [3.8, 4) is 0 Å². The highest BCUT2D eigenvalue weighted by atomic mass is 32.2. The quantitative estimate of drug-likeness (QED) is 0.841. The number of anilines is 1. The zero-order chi connectivity index (χ0) is 15.5. The van der Waals surface area contributed by atoms with Gasteiger partial charge in [-0.15, -0.1) is 11.8 Å². The first-order valence-electron chi connectivity index (χ1n) is 6.93. The number of thioether (sulfide) groups is 1. The van der Waals surface area contributed by atoms with Gasteiger partial charge in [0.1, 0.15) is 6.04 Å². The van der Waals surface area contributed by atoms with Crippen molar-refractivity contribution in [2.45, 2.75) is 30.7 Å². The number of carbonyl (C=O) groups is 1. The molecule has 1 aromatic rings. The summed E-state index contributed by atoms with van der Waals surface area (Å²) < 4.78 is 24.7. The van der Waals surface area contributed by atoms with Crippen LogP contribution in [0.2, 0.25) is 0 Å². The van der Waals surface area contributed by atoms with E-state index in [1.165, 1.54) is 4.31 Å². The summed E-state index contributed by atoms with van der Waals surface area (Å²) in [6.45, 7) is 2.47. The maximum absolute atomic E-state index is 12.4. The van der Waals surface area contributed by atoms with E-state index in [-0.39, 0.29) is 5.91 Å². The topological polar surface area (TPSA) is 66.5 Å². The number of nitrogens with one attached hydrogen (secondary N) is 1. The summed E-state index contributed by atoms with van der Waals surface area (Å²) >= 11 is 1.65. The normalized spacial score (nSPS) is 19.6. The fourth-order valence-corrected chi connectivity index (χ4v) is 4.35. The number of hydrogen-bond donors (Lipinski definition) is 1. The molecular weight excluding hydrogens is 308 g/mol. The van der Waals surface area contributed by atoms with E-state index in [4.69, 9.17) is 0 Å². The molecule has 1 saturated heterocycles. The average Bonchev–Trinajstić information content (AvgIpc) is 2.90. The highest BCUT2D eigenvalue weighted by molar-refractivity contribution is 7.99. The summed E-state index contributed by atoms with van der Waals surface area (Å²) in [6.07, 6.45) is 2.44. The van der Waals surface area contributed by atoms with Gasteiger partial charge in [0, 0.05) is 11.4 Å². The molecule has 0 bridgehead atoms. The molecule has 0 aromatic heterocycles. The standard InChI is InChI=1S/C14H20N2O3S2/c1-3-20-13-9-5-4-7-11(13)15-14(17)12-8-6-10-16(12)21(2,18)19/h4-5,7,9,12H,3,6,8,10H2,1-2H3,(H,15,17). The van der Waals surface area contributed by atoms with Gasteiger partial charge >= 0.3 is 0 Å². The lowest BCUT2D eigenvalue weighted by molar-refractivity contribution is -0.119. The van der Waals surface area contributed by atoms with Gasteiger partial charge in [-0.25, -0.2) is 8.42 Å². The molecule has 2 rings (SSSR count). The van der Waals surface area contributed by atoms with Gasteiger partial charge in [0.2, 0.25) is 15.9 Å². The van der Waals surface area contributed by atoms with E-state index in [2.05, 4.69) is 5.32 Å². The Morgan fingerprint density at radius 1 is 1.43 bits per heavy atom. The first kappa shape index (κ1) is 16.3. The summed E-state index contributed by atoms with van der Waals surface area (Å²) in [5, 5.41) is 2.87. The number of rotatable bonds is 5. The van der Waals surface area contributed by atoms with Gasteiger partial charge in [-0.05, 0) is 30.7 Å². The maximum atomic E-state index is 12.4. The van der Waals surface area contributed by atoms with Crippen LogP contribution >= 0.6 is 11.8 Å². The van der Waals surface area contributed by atoms with Crippen LogP contribution in [0, 0.1) is 0 Å². The summed E-state index contributed by atoms with van der Waals surface area (Å²) in [4.78, 5) is 13.4. The first-order chi connectivity index (χ1) is 9.93. The lowest BCUT2D eigenvalue weighted by atomic mass is 10.2. The van der Waals surface area contributed by atoms with Crippen molar-refractivity contribution in [2.75, 3.05) is 23.9 Å². The van der Waals surface area contributed by atoms with Crippen LogP contribution < -0.4 is 5.32 Å². The van der Waals surface area contributed by atoms with Crippen LogP contribution in [0.5, 0.6) is 0 Å². The molecular formula is C14H20N2O3S2. The molecule has 21 heavy (non-hydrogen) atoms. The fourth-order valence-electron chi connectivity index (χ4n) is 2.47. The van der Waals surface area contributed by atoms with Gasteiger partial charge in [-0.1, -0.05) is 19.1 Å². The summed E-state index contributed by atoms with van der Waals surface area (Å²) in [5.74, 6) is 0.660. The minimum Gasteiger partial charge on any atom is -0.324 e. The van der Waals surface area contributed by atoms with Gasteiger partial charge in [-0.2, -0.15) is 4.31 Å². The van der Waals surface area contributed by atoms with Crippen LogP contribution in [0.3, 0.4) is 0 Å². The molecule has 0 aliphatic carbocycles. The van der Waals surface area contributed by atoms with Crippen molar-refractivity contribution in [3.05, 3.63) is 24.3 Å². The van der Waals surface area contributed by atoms with Crippen molar-refractivity contribution in [3.63, 3.8) is 0 Å². The van der Waals surface area contributed by atoms with Crippen LogP contribution in [-0.4, -0.2) is 43.2 Å². The van der Waals surface area contributed by atoms with Crippen LogP contribution in [-0.2, 0) is 14.8 Å². The number of hydrogen-bond acceptors (Lipinski definition) is 4. The molecule has 1 aliphatic heterocycles. The van der Waals surface area contributed by atoms with Gasteiger partial charge in [-0.3, -0.25) is 4.79 Å². The molecule has 1 N–H and O–H groups in total. The van der Waals surface area contributed by atoms with Crippen molar-refractivity contribution in [2.24, 2.45) is 0 Å². The Bertz CT molecular complexity index is 616. The molecule has 1 heterocycles. The third kappa shape index (κ3) is 3.99. The predicted molar refractivity (Wildman–Crippen MR) is 86.0 cm³/mol. The fraction of sp³-hybridized carbons (Fsp3) is 0.500. The molecule has 5 nitrogen and oxygen atoms in total. The largest absolute Gasteiger partial charge is 0.324 e. The molecule has 1 fully saturated rings. The second-order valence-corrected chi connectivity index (χ2v) is 8.19. The number of benzene rings is 1. The first-order valence-corrected chi connectivity index (χ1v) is 9.76. The molecule has 0 saturated carbocycles. The second kappa shape index (κ2) is 6.81. The van der Waals surface area contributed by atoms with E-state index in [9.17, 15) is 13.2 Å². The summed E-state index contributed by atoms with van der Waals surface area (Å²) in [5.41, 5.74) is 0.745. The lowest BCUT2D eigenvalue weighted by Gasteiger charge is -2.21. The second-order valence-electron chi connectivity index (χ2n) is 4.95. The smallest absolute Gasteiger partial charge is 0.242 e. The molecule has 7 heteroatoms. The van der Waals surface area contributed by atoms with E-state index in [1.54, 1.807) is 11.8 Å². The Balaban J connectivity index is 2.15. The molecule has 1 atom stereocenters. The number of nitrogens with zero attached hydrogens (tertiary/aromatic N) is 1.